The lowest BCUT2D eigenvalue weighted by Gasteiger charge is -2.31. The number of hydrogen-bond donors (Lipinski definition) is 3. The van der Waals surface area contributed by atoms with Crippen molar-refractivity contribution in [2.24, 2.45) is 4.99 Å². The van der Waals surface area contributed by atoms with Crippen LogP contribution in [0, 0.1) is 0 Å². The molecule has 0 fully saturated rings. The van der Waals surface area contributed by atoms with Gasteiger partial charge in [0, 0.05) is 6.08 Å². The number of rotatable bonds is 3. The summed E-state index contributed by atoms with van der Waals surface area (Å²) in [6.45, 7) is 5.72. The van der Waals surface area contributed by atoms with Crippen LogP contribution in [0.1, 0.15) is 20.8 Å². The summed E-state index contributed by atoms with van der Waals surface area (Å²) < 4.78 is 4.81. The number of nitrogens with zero attached hydrogens (tertiary/aromatic N) is 2. The Labute approximate surface area is 121 Å². The van der Waals surface area contributed by atoms with Gasteiger partial charge in [-0.05, 0) is 26.8 Å². The second-order valence-electron chi connectivity index (χ2n) is 4.98. The fourth-order valence-corrected chi connectivity index (χ4v) is 1.88. The van der Waals surface area contributed by atoms with Crippen LogP contribution in [0.2, 0.25) is 0 Å². The van der Waals surface area contributed by atoms with Gasteiger partial charge in [0.2, 0.25) is 5.95 Å². The lowest BCUT2D eigenvalue weighted by Crippen LogP contribution is -2.42. The molecule has 0 radical (unpaired) electrons. The van der Waals surface area contributed by atoms with Crippen LogP contribution in [0.5, 0.6) is 0 Å². The van der Waals surface area contributed by atoms with Crippen molar-refractivity contribution in [2.45, 2.75) is 26.3 Å². The van der Waals surface area contributed by atoms with Crippen LogP contribution >= 0.6 is 0 Å². The Bertz CT molecular complexity index is 688. The van der Waals surface area contributed by atoms with E-state index in [0.717, 1.165) is 0 Å². The molecule has 8 nitrogen and oxygen atoms in total. The van der Waals surface area contributed by atoms with Gasteiger partial charge in [-0.2, -0.15) is 4.98 Å². The van der Waals surface area contributed by atoms with Gasteiger partial charge in [0.1, 0.15) is 0 Å². The van der Waals surface area contributed by atoms with Crippen molar-refractivity contribution in [3.05, 3.63) is 22.5 Å². The first-order valence-corrected chi connectivity index (χ1v) is 6.45. The van der Waals surface area contributed by atoms with Crippen molar-refractivity contribution in [3.8, 4) is 0 Å². The average molecular weight is 291 g/mol. The van der Waals surface area contributed by atoms with E-state index in [4.69, 9.17) is 10.5 Å². The van der Waals surface area contributed by atoms with Gasteiger partial charge < -0.3 is 15.8 Å². The fraction of sp³-hybridized carbons (Fsp3) is 0.385. The summed E-state index contributed by atoms with van der Waals surface area (Å²) in [6.07, 6.45) is 2.79. The van der Waals surface area contributed by atoms with Crippen molar-refractivity contribution in [1.29, 1.82) is 0 Å². The molecule has 0 saturated heterocycles. The quantitative estimate of drug-likeness (QED) is 0.558. The zero-order valence-corrected chi connectivity index (χ0v) is 12.1. The molecule has 0 amide bonds. The van der Waals surface area contributed by atoms with E-state index in [0.29, 0.717) is 18.1 Å². The summed E-state index contributed by atoms with van der Waals surface area (Å²) >= 11 is 0. The number of esters is 1. The van der Waals surface area contributed by atoms with E-state index in [2.05, 4.69) is 20.3 Å². The number of nitrogens with one attached hydrogen (secondary N) is 2. The maximum Gasteiger partial charge on any atom is 0.330 e. The molecule has 0 spiro atoms. The van der Waals surface area contributed by atoms with Crippen LogP contribution in [0.4, 0.5) is 17.5 Å². The maximum atomic E-state index is 11.8. The van der Waals surface area contributed by atoms with Gasteiger partial charge in [-0.1, -0.05) is 0 Å². The largest absolute Gasteiger partial charge is 0.463 e. The van der Waals surface area contributed by atoms with E-state index in [1.54, 1.807) is 6.92 Å². The Balaban J connectivity index is 2.42. The molecule has 1 aliphatic heterocycles. The maximum absolute atomic E-state index is 11.8. The molecule has 8 heteroatoms. The summed E-state index contributed by atoms with van der Waals surface area (Å²) in [5.41, 5.74) is 5.10. The highest BCUT2D eigenvalue weighted by Crippen LogP contribution is 2.29. The smallest absolute Gasteiger partial charge is 0.330 e. The first-order chi connectivity index (χ1) is 9.83. The van der Waals surface area contributed by atoms with Gasteiger partial charge in [-0.3, -0.25) is 9.78 Å². The molecule has 4 N–H and O–H groups in total. The third kappa shape index (κ3) is 3.10. The summed E-state index contributed by atoms with van der Waals surface area (Å²) in [7, 11) is 0. The molecule has 0 bridgehead atoms. The van der Waals surface area contributed by atoms with Gasteiger partial charge in [0.05, 0.1) is 17.9 Å². The molecule has 112 valence electrons. The Morgan fingerprint density at radius 1 is 1.48 bits per heavy atom. The third-order valence-corrected chi connectivity index (χ3v) is 2.88. The number of aromatic amines is 1. The zero-order chi connectivity index (χ0) is 15.6. The number of H-pyrrole nitrogens is 1. The second kappa shape index (κ2) is 5.39. The van der Waals surface area contributed by atoms with Crippen molar-refractivity contribution in [3.63, 3.8) is 0 Å². The van der Waals surface area contributed by atoms with Crippen LogP contribution < -0.4 is 16.6 Å². The molecule has 1 aromatic heterocycles. The number of hydrogen-bond acceptors (Lipinski definition) is 7. The zero-order valence-electron chi connectivity index (χ0n) is 12.1. The minimum absolute atomic E-state index is 0.0164. The van der Waals surface area contributed by atoms with Gasteiger partial charge in [0.15, 0.2) is 11.5 Å². The summed E-state index contributed by atoms with van der Waals surface area (Å²) in [5, 5.41) is 3.08. The Morgan fingerprint density at radius 3 is 2.86 bits per heavy atom. The number of ether oxygens (including phenoxy) is 1. The number of anilines is 2. The lowest BCUT2D eigenvalue weighted by atomic mass is 9.95. The molecule has 0 saturated carbocycles. The molecule has 0 atom stereocenters. The highest BCUT2D eigenvalue weighted by Gasteiger charge is 2.30. The summed E-state index contributed by atoms with van der Waals surface area (Å²) in [6, 6.07) is 0. The molecule has 2 heterocycles. The molecule has 1 aliphatic rings. The number of carbonyl (C=O) groups is 1. The van der Waals surface area contributed by atoms with Crippen molar-refractivity contribution in [1.82, 2.24) is 9.97 Å². The lowest BCUT2D eigenvalue weighted by molar-refractivity contribution is -0.137. The first-order valence-electron chi connectivity index (χ1n) is 6.45. The van der Waals surface area contributed by atoms with E-state index < -0.39 is 17.1 Å². The number of nitrogens with two attached hydrogens (primary N) is 1. The summed E-state index contributed by atoms with van der Waals surface area (Å²) in [5.74, 6) is -0.136. The normalized spacial score (nSPS) is 16.0. The number of nitrogen functional groups attached to an aromatic ring is 1. The van der Waals surface area contributed by atoms with Crippen LogP contribution in [0.25, 0.3) is 0 Å². The van der Waals surface area contributed by atoms with Gasteiger partial charge in [0.25, 0.3) is 5.56 Å². The monoisotopic (exact) mass is 291 g/mol. The topological polar surface area (TPSA) is 122 Å². The Morgan fingerprint density at radius 2 is 2.19 bits per heavy atom. The average Bonchev–Trinajstić information content (AvgIpc) is 2.35. The van der Waals surface area contributed by atoms with Crippen LogP contribution in [0.3, 0.4) is 0 Å². The van der Waals surface area contributed by atoms with Crippen LogP contribution in [-0.2, 0) is 9.53 Å². The predicted octanol–water partition coefficient (Wildman–Crippen LogP) is 0.748. The fourth-order valence-electron chi connectivity index (χ4n) is 1.88. The molecule has 1 aromatic rings. The molecule has 0 aliphatic carbocycles. The molecular formula is C13H17N5O3. The molecule has 0 unspecified atom stereocenters. The first kappa shape index (κ1) is 14.8. The number of carbonyl (C=O) groups excluding carboxylic acids is 1. The minimum Gasteiger partial charge on any atom is -0.463 e. The minimum atomic E-state index is -0.608. The highest BCUT2D eigenvalue weighted by atomic mass is 16.5. The molecule has 2 rings (SSSR count). The van der Waals surface area contributed by atoms with Crippen molar-refractivity contribution >= 4 is 29.1 Å². The van der Waals surface area contributed by atoms with Crippen LogP contribution in [0.15, 0.2) is 21.9 Å². The van der Waals surface area contributed by atoms with E-state index in [-0.39, 0.29) is 11.6 Å². The van der Waals surface area contributed by atoms with E-state index in [1.807, 2.05) is 13.8 Å². The SMILES string of the molecule is CCOC(=O)/C=C/C1=Nc2c(nc(N)[nH]c2=O)NC1(C)C. The van der Waals surface area contributed by atoms with Crippen molar-refractivity contribution < 1.29 is 9.53 Å². The van der Waals surface area contributed by atoms with E-state index >= 15 is 0 Å². The van der Waals surface area contributed by atoms with Crippen molar-refractivity contribution in [2.75, 3.05) is 17.7 Å². The molecule has 21 heavy (non-hydrogen) atoms. The van der Waals surface area contributed by atoms with E-state index in [9.17, 15) is 9.59 Å². The number of fused-ring (bicyclic) bond motifs is 1. The predicted molar refractivity (Wildman–Crippen MR) is 79.8 cm³/mol. The third-order valence-electron chi connectivity index (χ3n) is 2.88. The van der Waals surface area contributed by atoms with E-state index in [1.165, 1.54) is 12.2 Å². The Hall–Kier alpha value is -2.64. The standard InChI is InChI=1S/C13H17N5O3/c1-4-21-8(19)6-5-7-13(2,3)18-10-9(15-7)11(20)17-12(14)16-10/h5-6H,4H2,1-3H3,(H4,14,16,17,18,20)/b6-5+. The van der Waals surface area contributed by atoms with Gasteiger partial charge in [-0.15, -0.1) is 0 Å². The summed E-state index contributed by atoms with van der Waals surface area (Å²) in [4.78, 5) is 33.9. The molecule has 0 aromatic carbocycles. The molecular weight excluding hydrogens is 274 g/mol. The number of aromatic nitrogens is 2. The van der Waals surface area contributed by atoms with Gasteiger partial charge >= 0.3 is 5.97 Å². The number of aliphatic imine (C=N–C) groups is 1. The van der Waals surface area contributed by atoms with Gasteiger partial charge in [-0.25, -0.2) is 9.79 Å². The second-order valence-corrected chi connectivity index (χ2v) is 4.98. The Kier molecular flexibility index (Phi) is 3.79. The van der Waals surface area contributed by atoms with Crippen LogP contribution in [-0.4, -0.2) is 33.8 Å². The highest BCUT2D eigenvalue weighted by molar-refractivity contribution is 6.09.